The molecule has 94 valence electrons. The first-order valence-corrected chi connectivity index (χ1v) is 6.34. The van der Waals surface area contributed by atoms with E-state index in [4.69, 9.17) is 4.74 Å². The van der Waals surface area contributed by atoms with Crippen LogP contribution < -0.4 is 5.32 Å². The van der Waals surface area contributed by atoms with Crippen LogP contribution >= 0.6 is 0 Å². The second-order valence-corrected chi connectivity index (χ2v) is 4.58. The number of nitrogens with one attached hydrogen (secondary N) is 1. The molecule has 0 aliphatic heterocycles. The van der Waals surface area contributed by atoms with Gasteiger partial charge in [-0.05, 0) is 33.6 Å². The van der Waals surface area contributed by atoms with Gasteiger partial charge in [-0.2, -0.15) is 0 Å². The fraction of sp³-hybridized carbons (Fsp3) is 0.692. The van der Waals surface area contributed by atoms with Crippen molar-refractivity contribution in [3.63, 3.8) is 0 Å². The zero-order chi connectivity index (χ0) is 12.3. The van der Waals surface area contributed by atoms with E-state index in [1.807, 2.05) is 20.8 Å². The van der Waals surface area contributed by atoms with E-state index >= 15 is 0 Å². The van der Waals surface area contributed by atoms with Gasteiger partial charge in [0.2, 0.25) is 0 Å². The Morgan fingerprint density at radius 1 is 1.24 bits per heavy atom. The van der Waals surface area contributed by atoms with E-state index in [1.165, 1.54) is 18.4 Å². The monoisotopic (exact) mass is 235 g/mol. The van der Waals surface area contributed by atoms with Crippen LogP contribution in [0.5, 0.6) is 0 Å². The van der Waals surface area contributed by atoms with Crippen molar-refractivity contribution in [1.29, 1.82) is 0 Å². The summed E-state index contributed by atoms with van der Waals surface area (Å²) in [6.45, 7) is 8.17. The third-order valence-corrected chi connectivity index (χ3v) is 3.05. The first-order valence-electron chi connectivity index (χ1n) is 6.34. The lowest BCUT2D eigenvalue weighted by Gasteiger charge is -2.11. The molecule has 1 aliphatic carbocycles. The summed E-state index contributed by atoms with van der Waals surface area (Å²) in [6, 6.07) is 0.719. The number of aryl methyl sites for hydroxylation is 2. The minimum absolute atomic E-state index is 0.508. The first kappa shape index (κ1) is 12.5. The fourth-order valence-electron chi connectivity index (χ4n) is 1.86. The smallest absolute Gasteiger partial charge is 0.154 e. The fourth-order valence-corrected chi connectivity index (χ4v) is 1.86. The SMILES string of the molecule is CCOCc1nc(C)c(CNC2CC2)c(C)n1. The second-order valence-electron chi connectivity index (χ2n) is 4.58. The Kier molecular flexibility index (Phi) is 4.07. The Labute approximate surface area is 103 Å². The summed E-state index contributed by atoms with van der Waals surface area (Å²) < 4.78 is 5.34. The van der Waals surface area contributed by atoms with E-state index in [0.717, 1.165) is 29.8 Å². The minimum Gasteiger partial charge on any atom is -0.374 e. The molecular formula is C13H21N3O. The van der Waals surface area contributed by atoms with Gasteiger partial charge in [0.25, 0.3) is 0 Å². The van der Waals surface area contributed by atoms with Gasteiger partial charge in [-0.25, -0.2) is 9.97 Å². The summed E-state index contributed by atoms with van der Waals surface area (Å²) in [5.74, 6) is 0.789. The molecule has 1 aromatic rings. The minimum atomic E-state index is 0.508. The average Bonchev–Trinajstić information content (AvgIpc) is 3.09. The molecule has 0 unspecified atom stereocenters. The van der Waals surface area contributed by atoms with Gasteiger partial charge in [0, 0.05) is 36.1 Å². The van der Waals surface area contributed by atoms with Crippen molar-refractivity contribution < 1.29 is 4.74 Å². The summed E-state index contributed by atoms with van der Waals surface area (Å²) in [7, 11) is 0. The summed E-state index contributed by atoms with van der Waals surface area (Å²) >= 11 is 0. The summed E-state index contributed by atoms with van der Waals surface area (Å²) in [5.41, 5.74) is 3.37. The second kappa shape index (κ2) is 5.56. The number of nitrogens with zero attached hydrogens (tertiary/aromatic N) is 2. The van der Waals surface area contributed by atoms with Crippen molar-refractivity contribution in [2.75, 3.05) is 6.61 Å². The molecule has 0 atom stereocenters. The van der Waals surface area contributed by atoms with E-state index < -0.39 is 0 Å². The predicted octanol–water partition coefficient (Wildman–Crippen LogP) is 1.88. The number of hydrogen-bond acceptors (Lipinski definition) is 4. The molecule has 0 saturated heterocycles. The first-order chi connectivity index (χ1) is 8.20. The predicted molar refractivity (Wildman–Crippen MR) is 66.7 cm³/mol. The molecule has 1 aliphatic rings. The maximum atomic E-state index is 5.34. The normalized spacial score (nSPS) is 15.2. The van der Waals surface area contributed by atoms with E-state index in [1.54, 1.807) is 0 Å². The molecule has 0 aromatic carbocycles. The van der Waals surface area contributed by atoms with Gasteiger partial charge in [-0.1, -0.05) is 0 Å². The number of hydrogen-bond donors (Lipinski definition) is 1. The van der Waals surface area contributed by atoms with Gasteiger partial charge in [-0.3, -0.25) is 0 Å². The van der Waals surface area contributed by atoms with Crippen LogP contribution in [0.2, 0.25) is 0 Å². The van der Waals surface area contributed by atoms with Gasteiger partial charge >= 0.3 is 0 Å². The molecule has 1 heterocycles. The van der Waals surface area contributed by atoms with Crippen molar-refractivity contribution in [3.8, 4) is 0 Å². The van der Waals surface area contributed by atoms with Gasteiger partial charge in [0.05, 0.1) is 0 Å². The summed E-state index contributed by atoms with van der Waals surface area (Å²) in [5, 5.41) is 3.51. The van der Waals surface area contributed by atoms with E-state index in [-0.39, 0.29) is 0 Å². The van der Waals surface area contributed by atoms with Crippen LogP contribution in [0.4, 0.5) is 0 Å². The molecule has 0 radical (unpaired) electrons. The lowest BCUT2D eigenvalue weighted by atomic mass is 10.1. The molecule has 17 heavy (non-hydrogen) atoms. The van der Waals surface area contributed by atoms with Crippen molar-refractivity contribution in [3.05, 3.63) is 22.8 Å². The molecule has 4 nitrogen and oxygen atoms in total. The molecule has 0 amide bonds. The highest BCUT2D eigenvalue weighted by atomic mass is 16.5. The number of rotatable bonds is 6. The van der Waals surface area contributed by atoms with Crippen LogP contribution in [-0.2, 0) is 17.9 Å². The van der Waals surface area contributed by atoms with Gasteiger partial charge in [0.1, 0.15) is 6.61 Å². The zero-order valence-electron chi connectivity index (χ0n) is 10.9. The zero-order valence-corrected chi connectivity index (χ0v) is 10.9. The average molecular weight is 235 g/mol. The van der Waals surface area contributed by atoms with Crippen LogP contribution in [-0.4, -0.2) is 22.6 Å². The lowest BCUT2D eigenvalue weighted by molar-refractivity contribution is 0.128. The van der Waals surface area contributed by atoms with Crippen LogP contribution in [0.15, 0.2) is 0 Å². The van der Waals surface area contributed by atoms with Crippen molar-refractivity contribution in [1.82, 2.24) is 15.3 Å². The number of aromatic nitrogens is 2. The molecule has 2 rings (SSSR count). The van der Waals surface area contributed by atoms with Crippen LogP contribution in [0.3, 0.4) is 0 Å². The largest absolute Gasteiger partial charge is 0.374 e. The molecule has 1 fully saturated rings. The lowest BCUT2D eigenvalue weighted by Crippen LogP contribution is -2.18. The highest BCUT2D eigenvalue weighted by molar-refractivity contribution is 5.24. The van der Waals surface area contributed by atoms with E-state index in [0.29, 0.717) is 13.2 Å². The van der Waals surface area contributed by atoms with Crippen LogP contribution in [0, 0.1) is 13.8 Å². The molecule has 1 N–H and O–H groups in total. The Morgan fingerprint density at radius 3 is 2.41 bits per heavy atom. The van der Waals surface area contributed by atoms with Gasteiger partial charge in [-0.15, -0.1) is 0 Å². The standard InChI is InChI=1S/C13H21N3O/c1-4-17-8-13-15-9(2)12(10(3)16-13)7-14-11-5-6-11/h11,14H,4-8H2,1-3H3. The quantitative estimate of drug-likeness (QED) is 0.818. The maximum Gasteiger partial charge on any atom is 0.154 e. The molecule has 1 saturated carbocycles. The third kappa shape index (κ3) is 3.48. The van der Waals surface area contributed by atoms with Crippen molar-refractivity contribution in [2.45, 2.75) is 52.8 Å². The third-order valence-electron chi connectivity index (χ3n) is 3.05. The Balaban J connectivity index is 2.04. The molecular weight excluding hydrogens is 214 g/mol. The Bertz CT molecular complexity index is 365. The maximum absolute atomic E-state index is 5.34. The van der Waals surface area contributed by atoms with Crippen LogP contribution in [0.1, 0.15) is 42.5 Å². The molecule has 0 bridgehead atoms. The number of ether oxygens (including phenoxy) is 1. The van der Waals surface area contributed by atoms with Crippen molar-refractivity contribution in [2.24, 2.45) is 0 Å². The Morgan fingerprint density at radius 2 is 1.88 bits per heavy atom. The van der Waals surface area contributed by atoms with Gasteiger partial charge < -0.3 is 10.1 Å². The highest BCUT2D eigenvalue weighted by Gasteiger charge is 2.21. The molecule has 0 spiro atoms. The van der Waals surface area contributed by atoms with Crippen molar-refractivity contribution >= 4 is 0 Å². The topological polar surface area (TPSA) is 47.0 Å². The summed E-state index contributed by atoms with van der Waals surface area (Å²) in [4.78, 5) is 8.99. The molecule has 1 aromatic heterocycles. The summed E-state index contributed by atoms with van der Waals surface area (Å²) in [6.07, 6.45) is 2.61. The Hall–Kier alpha value is -1.00. The highest BCUT2D eigenvalue weighted by Crippen LogP contribution is 2.20. The van der Waals surface area contributed by atoms with E-state index in [9.17, 15) is 0 Å². The van der Waals surface area contributed by atoms with Crippen LogP contribution in [0.25, 0.3) is 0 Å². The van der Waals surface area contributed by atoms with E-state index in [2.05, 4.69) is 15.3 Å². The van der Waals surface area contributed by atoms with Gasteiger partial charge in [0.15, 0.2) is 5.82 Å². The molecule has 4 heteroatoms.